The van der Waals surface area contributed by atoms with Gasteiger partial charge < -0.3 is 25.0 Å². The van der Waals surface area contributed by atoms with Gasteiger partial charge in [-0.05, 0) is 24.1 Å². The van der Waals surface area contributed by atoms with E-state index >= 15 is 0 Å². The summed E-state index contributed by atoms with van der Waals surface area (Å²) in [5.74, 6) is 1.99. The van der Waals surface area contributed by atoms with Gasteiger partial charge in [0.05, 0.1) is 27.3 Å². The monoisotopic (exact) mass is 526 g/mol. The van der Waals surface area contributed by atoms with Crippen molar-refractivity contribution >= 4 is 35.8 Å². The van der Waals surface area contributed by atoms with E-state index in [1.165, 1.54) is 5.56 Å². The number of nitrogens with one attached hydrogen (secondary N) is 2. The van der Waals surface area contributed by atoms with Crippen molar-refractivity contribution in [3.05, 3.63) is 59.7 Å². The Morgan fingerprint density at radius 3 is 2.40 bits per heavy atom. The Bertz CT molecular complexity index is 813. The van der Waals surface area contributed by atoms with Gasteiger partial charge in [-0.3, -0.25) is 4.79 Å². The molecule has 2 aromatic rings. The molecule has 2 aromatic carbocycles. The molecular formula is C22H31IN4O3. The van der Waals surface area contributed by atoms with Gasteiger partial charge >= 0.3 is 0 Å². The second kappa shape index (κ2) is 13.7. The number of halogens is 1. The number of carbonyl (C=O) groups is 1. The van der Waals surface area contributed by atoms with Crippen molar-refractivity contribution in [2.45, 2.75) is 13.0 Å². The van der Waals surface area contributed by atoms with Crippen LogP contribution in [-0.4, -0.2) is 58.2 Å². The van der Waals surface area contributed by atoms with Crippen molar-refractivity contribution in [1.29, 1.82) is 0 Å². The zero-order valence-corrected chi connectivity index (χ0v) is 20.3. The zero-order valence-electron chi connectivity index (χ0n) is 18.0. The van der Waals surface area contributed by atoms with Crippen molar-refractivity contribution < 1.29 is 14.3 Å². The fraction of sp³-hybridized carbons (Fsp3) is 0.364. The lowest BCUT2D eigenvalue weighted by molar-refractivity contribution is -0.127. The molecule has 0 aliphatic carbocycles. The van der Waals surface area contributed by atoms with E-state index in [1.54, 1.807) is 33.2 Å². The van der Waals surface area contributed by atoms with Crippen molar-refractivity contribution in [3.8, 4) is 11.5 Å². The highest BCUT2D eigenvalue weighted by molar-refractivity contribution is 14.0. The molecule has 0 radical (unpaired) electrons. The highest BCUT2D eigenvalue weighted by Gasteiger charge is 2.08. The summed E-state index contributed by atoms with van der Waals surface area (Å²) in [5, 5.41) is 6.40. The molecule has 2 N–H and O–H groups in total. The van der Waals surface area contributed by atoms with Gasteiger partial charge in [-0.25, -0.2) is 4.99 Å². The normalized spacial score (nSPS) is 10.6. The first kappa shape index (κ1) is 25.5. The molecule has 0 atom stereocenters. The number of carbonyl (C=O) groups excluding carboxylic acids is 1. The first-order valence-corrected chi connectivity index (χ1v) is 9.50. The van der Waals surface area contributed by atoms with Crippen LogP contribution >= 0.6 is 24.0 Å². The molecule has 0 unspecified atom stereocenters. The van der Waals surface area contributed by atoms with Gasteiger partial charge in [0.15, 0.2) is 5.96 Å². The number of methoxy groups -OCH3 is 2. The first-order chi connectivity index (χ1) is 14.0. The number of rotatable bonds is 9. The Labute approximate surface area is 195 Å². The van der Waals surface area contributed by atoms with E-state index in [0.717, 1.165) is 17.7 Å². The summed E-state index contributed by atoms with van der Waals surface area (Å²) < 4.78 is 10.7. The molecule has 0 aromatic heterocycles. The summed E-state index contributed by atoms with van der Waals surface area (Å²) in [4.78, 5) is 18.1. The van der Waals surface area contributed by atoms with Crippen LogP contribution in [0.4, 0.5) is 0 Å². The summed E-state index contributed by atoms with van der Waals surface area (Å²) in [7, 11) is 6.69. The van der Waals surface area contributed by atoms with Crippen LogP contribution in [0.3, 0.4) is 0 Å². The van der Waals surface area contributed by atoms with Crippen LogP contribution in [0.15, 0.2) is 53.5 Å². The topological polar surface area (TPSA) is 75.2 Å². The molecule has 0 aliphatic rings. The number of hydrogen-bond acceptors (Lipinski definition) is 4. The van der Waals surface area contributed by atoms with Gasteiger partial charge in [0.1, 0.15) is 11.5 Å². The van der Waals surface area contributed by atoms with Crippen molar-refractivity contribution in [2.75, 3.05) is 41.4 Å². The van der Waals surface area contributed by atoms with E-state index in [9.17, 15) is 4.79 Å². The Morgan fingerprint density at radius 2 is 1.77 bits per heavy atom. The van der Waals surface area contributed by atoms with E-state index in [-0.39, 0.29) is 36.4 Å². The minimum Gasteiger partial charge on any atom is -0.497 e. The lowest BCUT2D eigenvalue weighted by atomic mass is 10.1. The van der Waals surface area contributed by atoms with Crippen molar-refractivity contribution in [1.82, 2.24) is 15.5 Å². The summed E-state index contributed by atoms with van der Waals surface area (Å²) in [6, 6.07) is 15.8. The lowest BCUT2D eigenvalue weighted by Crippen LogP contribution is -2.43. The van der Waals surface area contributed by atoms with Gasteiger partial charge in [0, 0.05) is 32.3 Å². The Kier molecular flexibility index (Phi) is 11.7. The molecule has 1 amide bonds. The third-order valence-electron chi connectivity index (χ3n) is 4.36. The van der Waals surface area contributed by atoms with E-state index in [4.69, 9.17) is 9.47 Å². The van der Waals surface area contributed by atoms with Gasteiger partial charge in [-0.2, -0.15) is 0 Å². The molecule has 0 fully saturated rings. The predicted octanol–water partition coefficient (Wildman–Crippen LogP) is 2.69. The molecule has 7 nitrogen and oxygen atoms in total. The third-order valence-corrected chi connectivity index (χ3v) is 4.36. The minimum absolute atomic E-state index is 0. The fourth-order valence-corrected chi connectivity index (χ4v) is 2.61. The molecule has 2 rings (SSSR count). The Hall–Kier alpha value is -2.49. The Morgan fingerprint density at radius 1 is 1.03 bits per heavy atom. The number of guanidine groups is 1. The second-order valence-corrected chi connectivity index (χ2v) is 6.65. The lowest BCUT2D eigenvalue weighted by Gasteiger charge is -2.15. The van der Waals surface area contributed by atoms with E-state index < -0.39 is 0 Å². The zero-order chi connectivity index (χ0) is 21.1. The molecule has 164 valence electrons. The van der Waals surface area contributed by atoms with Crippen molar-refractivity contribution in [2.24, 2.45) is 4.99 Å². The SMILES string of the molecule is COc1ccc(CN=C(NCCc2ccccc2)NCC(=O)N(C)C)c(OC)c1.I. The van der Waals surface area contributed by atoms with Gasteiger partial charge in [0.25, 0.3) is 0 Å². The Balaban J connectivity index is 0.00000450. The maximum Gasteiger partial charge on any atom is 0.241 e. The molecule has 8 heteroatoms. The number of likely N-dealkylation sites (N-methyl/N-ethyl adjacent to an activating group) is 1. The van der Waals surface area contributed by atoms with E-state index in [1.807, 2.05) is 36.4 Å². The molecule has 0 saturated heterocycles. The smallest absolute Gasteiger partial charge is 0.241 e. The third kappa shape index (κ3) is 8.48. The number of ether oxygens (including phenoxy) is 2. The molecular weight excluding hydrogens is 495 g/mol. The quantitative estimate of drug-likeness (QED) is 0.299. The number of benzene rings is 2. The maximum absolute atomic E-state index is 11.9. The van der Waals surface area contributed by atoms with Crippen LogP contribution in [-0.2, 0) is 17.8 Å². The predicted molar refractivity (Wildman–Crippen MR) is 131 cm³/mol. The van der Waals surface area contributed by atoms with Crippen LogP contribution in [0, 0.1) is 0 Å². The molecule has 0 saturated carbocycles. The van der Waals surface area contributed by atoms with Crippen molar-refractivity contribution in [3.63, 3.8) is 0 Å². The average molecular weight is 526 g/mol. The number of hydrogen-bond donors (Lipinski definition) is 2. The fourth-order valence-electron chi connectivity index (χ4n) is 2.61. The van der Waals surface area contributed by atoms with Gasteiger partial charge in [-0.1, -0.05) is 30.3 Å². The number of aliphatic imine (C=N–C) groups is 1. The minimum atomic E-state index is -0.0235. The largest absolute Gasteiger partial charge is 0.497 e. The summed E-state index contributed by atoms with van der Waals surface area (Å²) in [5.41, 5.74) is 2.16. The highest BCUT2D eigenvalue weighted by Crippen LogP contribution is 2.25. The van der Waals surface area contributed by atoms with Crippen LogP contribution in [0.1, 0.15) is 11.1 Å². The molecule has 30 heavy (non-hydrogen) atoms. The number of nitrogens with zero attached hydrogens (tertiary/aromatic N) is 2. The molecule has 0 bridgehead atoms. The van der Waals surface area contributed by atoms with Gasteiger partial charge in [0.2, 0.25) is 5.91 Å². The summed E-state index contributed by atoms with van der Waals surface area (Å²) in [6.45, 7) is 1.28. The van der Waals surface area contributed by atoms with Crippen LogP contribution in [0.2, 0.25) is 0 Å². The van der Waals surface area contributed by atoms with Crippen LogP contribution in [0.25, 0.3) is 0 Å². The first-order valence-electron chi connectivity index (χ1n) is 9.50. The summed E-state index contributed by atoms with van der Waals surface area (Å²) >= 11 is 0. The average Bonchev–Trinajstić information content (AvgIpc) is 2.75. The highest BCUT2D eigenvalue weighted by atomic mass is 127. The van der Waals surface area contributed by atoms with Crippen LogP contribution < -0.4 is 20.1 Å². The van der Waals surface area contributed by atoms with E-state index in [0.29, 0.717) is 24.8 Å². The summed E-state index contributed by atoms with van der Waals surface area (Å²) in [6.07, 6.45) is 0.856. The molecule has 0 aliphatic heterocycles. The number of amides is 1. The van der Waals surface area contributed by atoms with E-state index in [2.05, 4.69) is 27.8 Å². The maximum atomic E-state index is 11.9. The molecule has 0 spiro atoms. The standard InChI is InChI=1S/C22H30N4O3.HI/c1-26(2)21(27)16-25-22(23-13-12-17-8-6-5-7-9-17)24-15-18-10-11-19(28-3)14-20(18)29-4;/h5-11,14H,12-13,15-16H2,1-4H3,(H2,23,24,25);1H. The van der Waals surface area contributed by atoms with Gasteiger partial charge in [-0.15, -0.1) is 24.0 Å². The molecule has 0 heterocycles. The van der Waals surface area contributed by atoms with Crippen LogP contribution in [0.5, 0.6) is 11.5 Å². The second-order valence-electron chi connectivity index (χ2n) is 6.65.